The third-order valence-corrected chi connectivity index (χ3v) is 5.34. The Kier molecular flexibility index (Phi) is 6.70. The van der Waals surface area contributed by atoms with Gasteiger partial charge in [-0.2, -0.15) is 0 Å². The Bertz CT molecular complexity index is 705. The van der Waals surface area contributed by atoms with Gasteiger partial charge in [0, 0.05) is 36.2 Å². The second kappa shape index (κ2) is 9.00. The summed E-state index contributed by atoms with van der Waals surface area (Å²) >= 11 is 0. The van der Waals surface area contributed by atoms with Crippen LogP contribution < -0.4 is 0 Å². The van der Waals surface area contributed by atoms with Gasteiger partial charge in [0.05, 0.1) is 25.9 Å². The first kappa shape index (κ1) is 19.4. The number of ether oxygens (including phenoxy) is 1. The van der Waals surface area contributed by atoms with Gasteiger partial charge in [0.2, 0.25) is 0 Å². The van der Waals surface area contributed by atoms with E-state index in [9.17, 15) is 5.11 Å². The number of aryl methyl sites for hydroxylation is 1. The number of hydrogen-bond donors (Lipinski definition) is 1. The number of para-hydroxylation sites is 1. The zero-order valence-corrected chi connectivity index (χ0v) is 16.4. The molecule has 0 radical (unpaired) electrons. The quantitative estimate of drug-likeness (QED) is 0.784. The standard InChI is InChI=1S/C21H33N3O2/c1-17-19(8-6-10-23-11-13-26-14-12-23)20-7-4-5-9-21(20)24(17)16-18(25)15-22(2)3/h4-5,7,9,18,25H,6,8,10-16H2,1-3H3. The predicted molar refractivity (Wildman–Crippen MR) is 107 cm³/mol. The van der Waals surface area contributed by atoms with E-state index in [0.717, 1.165) is 45.7 Å². The van der Waals surface area contributed by atoms with Crippen molar-refractivity contribution in [3.8, 4) is 0 Å². The minimum absolute atomic E-state index is 0.360. The van der Waals surface area contributed by atoms with Crippen LogP contribution in [0, 0.1) is 6.92 Å². The Labute approximate surface area is 157 Å². The summed E-state index contributed by atoms with van der Waals surface area (Å²) in [7, 11) is 4.00. The van der Waals surface area contributed by atoms with Gasteiger partial charge in [-0.15, -0.1) is 0 Å². The van der Waals surface area contributed by atoms with Crippen LogP contribution in [-0.4, -0.2) is 79.1 Å². The van der Waals surface area contributed by atoms with Crippen molar-refractivity contribution in [3.63, 3.8) is 0 Å². The smallest absolute Gasteiger partial charge is 0.0845 e. The second-order valence-corrected chi connectivity index (χ2v) is 7.67. The molecule has 0 saturated carbocycles. The average Bonchev–Trinajstić information content (AvgIpc) is 2.88. The second-order valence-electron chi connectivity index (χ2n) is 7.67. The number of hydrogen-bond acceptors (Lipinski definition) is 4. The van der Waals surface area contributed by atoms with Gasteiger partial charge >= 0.3 is 0 Å². The summed E-state index contributed by atoms with van der Waals surface area (Å²) in [6, 6.07) is 8.61. The van der Waals surface area contributed by atoms with Gasteiger partial charge in [-0.25, -0.2) is 0 Å². The van der Waals surface area contributed by atoms with Crippen LogP contribution in [0.25, 0.3) is 10.9 Å². The molecule has 1 aromatic heterocycles. The fourth-order valence-corrected chi connectivity index (χ4v) is 4.05. The van der Waals surface area contributed by atoms with Gasteiger partial charge in [-0.3, -0.25) is 4.90 Å². The molecule has 2 aromatic rings. The third kappa shape index (κ3) is 4.65. The number of benzene rings is 1. The number of nitrogens with zero attached hydrogens (tertiary/aromatic N) is 3. The maximum atomic E-state index is 10.4. The molecule has 3 rings (SSSR count). The summed E-state index contributed by atoms with van der Waals surface area (Å²) in [5.74, 6) is 0. The fourth-order valence-electron chi connectivity index (χ4n) is 4.05. The van der Waals surface area contributed by atoms with Crippen molar-refractivity contribution in [3.05, 3.63) is 35.5 Å². The highest BCUT2D eigenvalue weighted by Crippen LogP contribution is 2.27. The molecule has 1 aromatic carbocycles. The Morgan fingerprint density at radius 2 is 1.92 bits per heavy atom. The number of likely N-dealkylation sites (N-methyl/N-ethyl adjacent to an activating group) is 1. The molecule has 1 aliphatic rings. The van der Waals surface area contributed by atoms with Crippen LogP contribution in [-0.2, 0) is 17.7 Å². The van der Waals surface area contributed by atoms with Gasteiger partial charge < -0.3 is 19.3 Å². The maximum absolute atomic E-state index is 10.4. The molecule has 1 saturated heterocycles. The molecular weight excluding hydrogens is 326 g/mol. The van der Waals surface area contributed by atoms with Crippen LogP contribution in [0.4, 0.5) is 0 Å². The maximum Gasteiger partial charge on any atom is 0.0845 e. The summed E-state index contributed by atoms with van der Waals surface area (Å²) in [4.78, 5) is 4.54. The summed E-state index contributed by atoms with van der Waals surface area (Å²) in [6.45, 7) is 8.49. The number of fused-ring (bicyclic) bond motifs is 1. The van der Waals surface area contributed by atoms with E-state index < -0.39 is 0 Å². The van der Waals surface area contributed by atoms with E-state index in [-0.39, 0.29) is 6.10 Å². The van der Waals surface area contributed by atoms with Crippen LogP contribution in [0.15, 0.2) is 24.3 Å². The molecule has 0 aliphatic carbocycles. The minimum Gasteiger partial charge on any atom is -0.390 e. The molecule has 2 heterocycles. The first-order chi connectivity index (χ1) is 12.6. The lowest BCUT2D eigenvalue weighted by atomic mass is 10.1. The van der Waals surface area contributed by atoms with Crippen LogP contribution in [0.5, 0.6) is 0 Å². The molecule has 1 N–H and O–H groups in total. The molecule has 0 amide bonds. The van der Waals surface area contributed by atoms with Gasteiger partial charge in [-0.1, -0.05) is 18.2 Å². The first-order valence-electron chi connectivity index (χ1n) is 9.76. The van der Waals surface area contributed by atoms with E-state index in [4.69, 9.17) is 4.74 Å². The van der Waals surface area contributed by atoms with Crippen LogP contribution in [0.2, 0.25) is 0 Å². The summed E-state index contributed by atoms with van der Waals surface area (Å²) in [5.41, 5.74) is 3.97. The summed E-state index contributed by atoms with van der Waals surface area (Å²) in [6.07, 6.45) is 1.89. The fraction of sp³-hybridized carbons (Fsp3) is 0.619. The van der Waals surface area contributed by atoms with Crippen molar-refractivity contribution < 1.29 is 9.84 Å². The van der Waals surface area contributed by atoms with Gasteiger partial charge in [-0.05, 0) is 52.0 Å². The van der Waals surface area contributed by atoms with E-state index in [1.807, 2.05) is 19.0 Å². The summed E-state index contributed by atoms with van der Waals surface area (Å²) < 4.78 is 7.74. The average molecular weight is 360 g/mol. The monoisotopic (exact) mass is 359 g/mol. The zero-order valence-electron chi connectivity index (χ0n) is 16.4. The Morgan fingerprint density at radius 3 is 2.65 bits per heavy atom. The highest BCUT2D eigenvalue weighted by molar-refractivity contribution is 5.85. The van der Waals surface area contributed by atoms with Crippen molar-refractivity contribution in [1.82, 2.24) is 14.4 Å². The number of rotatable bonds is 8. The van der Waals surface area contributed by atoms with Crippen molar-refractivity contribution in [1.29, 1.82) is 0 Å². The zero-order chi connectivity index (χ0) is 18.5. The number of morpholine rings is 1. The number of aliphatic hydroxyl groups is 1. The first-order valence-corrected chi connectivity index (χ1v) is 9.76. The van der Waals surface area contributed by atoms with E-state index >= 15 is 0 Å². The highest BCUT2D eigenvalue weighted by Gasteiger charge is 2.17. The molecule has 144 valence electrons. The molecule has 0 spiro atoms. The molecule has 5 heteroatoms. The number of aromatic nitrogens is 1. The van der Waals surface area contributed by atoms with Gasteiger partial charge in [0.1, 0.15) is 0 Å². The topological polar surface area (TPSA) is 40.9 Å². The van der Waals surface area contributed by atoms with Gasteiger partial charge in [0.25, 0.3) is 0 Å². The van der Waals surface area contributed by atoms with Crippen molar-refractivity contribution in [2.75, 3.05) is 53.5 Å². The minimum atomic E-state index is -0.360. The molecule has 1 fully saturated rings. The third-order valence-electron chi connectivity index (χ3n) is 5.34. The van der Waals surface area contributed by atoms with Crippen LogP contribution >= 0.6 is 0 Å². The molecule has 5 nitrogen and oxygen atoms in total. The van der Waals surface area contributed by atoms with Crippen LogP contribution in [0.3, 0.4) is 0 Å². The lowest BCUT2D eigenvalue weighted by Gasteiger charge is -2.26. The Balaban J connectivity index is 1.73. The van der Waals surface area contributed by atoms with E-state index in [2.05, 4.69) is 40.7 Å². The largest absolute Gasteiger partial charge is 0.390 e. The lowest BCUT2D eigenvalue weighted by molar-refractivity contribution is 0.0375. The van der Waals surface area contributed by atoms with E-state index in [0.29, 0.717) is 13.1 Å². The van der Waals surface area contributed by atoms with Crippen molar-refractivity contribution in [2.45, 2.75) is 32.4 Å². The molecular formula is C21H33N3O2. The normalized spacial score (nSPS) is 17.3. The number of aliphatic hydroxyl groups excluding tert-OH is 1. The lowest BCUT2D eigenvalue weighted by Crippen LogP contribution is -2.36. The molecule has 1 unspecified atom stereocenters. The summed E-state index contributed by atoms with van der Waals surface area (Å²) in [5, 5.41) is 11.8. The van der Waals surface area contributed by atoms with Crippen LogP contribution in [0.1, 0.15) is 17.7 Å². The van der Waals surface area contributed by atoms with Gasteiger partial charge in [0.15, 0.2) is 0 Å². The molecule has 1 atom stereocenters. The van der Waals surface area contributed by atoms with Crippen molar-refractivity contribution in [2.24, 2.45) is 0 Å². The predicted octanol–water partition coefficient (Wildman–Crippen LogP) is 2.14. The Hall–Kier alpha value is -1.40. The molecule has 1 aliphatic heterocycles. The van der Waals surface area contributed by atoms with E-state index in [1.54, 1.807) is 0 Å². The highest BCUT2D eigenvalue weighted by atomic mass is 16.5. The SMILES string of the molecule is Cc1c(CCCN2CCOCC2)c2ccccc2n1CC(O)CN(C)C. The van der Waals surface area contributed by atoms with Crippen molar-refractivity contribution >= 4 is 10.9 Å². The molecule has 26 heavy (non-hydrogen) atoms. The van der Waals surface area contributed by atoms with E-state index in [1.165, 1.54) is 22.2 Å². The Morgan fingerprint density at radius 1 is 1.19 bits per heavy atom. The molecule has 0 bridgehead atoms.